The molecule has 1 aromatic carbocycles. The molecule has 0 bridgehead atoms. The average Bonchev–Trinajstić information content (AvgIpc) is 3.48. The van der Waals surface area contributed by atoms with Crippen molar-refractivity contribution in [1.29, 1.82) is 0 Å². The van der Waals surface area contributed by atoms with E-state index in [9.17, 15) is 0 Å². The van der Waals surface area contributed by atoms with Gasteiger partial charge in [-0.1, -0.05) is 57.5 Å². The van der Waals surface area contributed by atoms with Crippen molar-refractivity contribution in [2.45, 2.75) is 58.9 Å². The third-order valence-corrected chi connectivity index (χ3v) is 5.53. The molecule has 1 unspecified atom stereocenters. The molecule has 0 aliphatic rings. The Bertz CT molecular complexity index is 1100. The van der Waals surface area contributed by atoms with Gasteiger partial charge in [0, 0.05) is 29.7 Å². The number of H-pyrrole nitrogens is 1. The van der Waals surface area contributed by atoms with E-state index in [4.69, 9.17) is 15.1 Å². The number of nitrogens with zero attached hydrogens (tertiary/aromatic N) is 7. The molecule has 0 aliphatic carbocycles. The van der Waals surface area contributed by atoms with Crippen molar-refractivity contribution in [3.63, 3.8) is 0 Å². The smallest absolute Gasteiger partial charge is 0.180 e. The standard InChI is InChI=1S/C23H28N8/c1-4-6-11-21-25-22(16(3)5-2)28-31(21)15-17-12-13-20(24-14-17)18-9-7-8-10-19(18)23-26-29-30-27-23/h7-10,12-14,16H,4-6,11,15H2,1-3H3,(H,26,27,29,30). The van der Waals surface area contributed by atoms with Crippen LogP contribution in [0.2, 0.25) is 0 Å². The van der Waals surface area contributed by atoms with Crippen LogP contribution in [0.4, 0.5) is 0 Å². The van der Waals surface area contributed by atoms with Crippen molar-refractivity contribution < 1.29 is 0 Å². The van der Waals surface area contributed by atoms with Crippen molar-refractivity contribution in [1.82, 2.24) is 40.4 Å². The number of unbranched alkanes of at least 4 members (excludes halogenated alkanes) is 1. The topological polar surface area (TPSA) is 98.1 Å². The predicted molar refractivity (Wildman–Crippen MR) is 119 cm³/mol. The first-order valence-corrected chi connectivity index (χ1v) is 10.9. The van der Waals surface area contributed by atoms with E-state index in [1.54, 1.807) is 0 Å². The van der Waals surface area contributed by atoms with Crippen LogP contribution in [0.25, 0.3) is 22.6 Å². The lowest BCUT2D eigenvalue weighted by atomic mass is 10.0. The van der Waals surface area contributed by atoms with Crippen LogP contribution in [0.5, 0.6) is 0 Å². The summed E-state index contributed by atoms with van der Waals surface area (Å²) in [4.78, 5) is 9.55. The van der Waals surface area contributed by atoms with E-state index < -0.39 is 0 Å². The largest absolute Gasteiger partial charge is 0.256 e. The molecule has 0 saturated carbocycles. The fourth-order valence-corrected chi connectivity index (χ4v) is 3.47. The van der Waals surface area contributed by atoms with Gasteiger partial charge in [0.15, 0.2) is 11.6 Å². The highest BCUT2D eigenvalue weighted by molar-refractivity contribution is 5.78. The van der Waals surface area contributed by atoms with Crippen molar-refractivity contribution in [2.24, 2.45) is 0 Å². The van der Waals surface area contributed by atoms with E-state index in [2.05, 4.69) is 47.5 Å². The van der Waals surface area contributed by atoms with E-state index >= 15 is 0 Å². The van der Waals surface area contributed by atoms with Gasteiger partial charge in [0.25, 0.3) is 0 Å². The summed E-state index contributed by atoms with van der Waals surface area (Å²) in [6.45, 7) is 7.22. The van der Waals surface area contributed by atoms with E-state index in [1.165, 1.54) is 0 Å². The van der Waals surface area contributed by atoms with Gasteiger partial charge in [-0.15, -0.1) is 5.10 Å². The zero-order chi connectivity index (χ0) is 21.6. The number of aromatic nitrogens is 8. The fourth-order valence-electron chi connectivity index (χ4n) is 3.47. The molecular formula is C23H28N8. The number of hydrogen-bond donors (Lipinski definition) is 1. The minimum atomic E-state index is 0.365. The molecule has 8 nitrogen and oxygen atoms in total. The van der Waals surface area contributed by atoms with Gasteiger partial charge in [-0.2, -0.15) is 5.10 Å². The first-order chi connectivity index (χ1) is 15.2. The Labute approximate surface area is 182 Å². The van der Waals surface area contributed by atoms with Gasteiger partial charge < -0.3 is 0 Å². The van der Waals surface area contributed by atoms with Gasteiger partial charge in [0.05, 0.1) is 12.2 Å². The second-order valence-corrected chi connectivity index (χ2v) is 7.80. The maximum atomic E-state index is 4.83. The van der Waals surface area contributed by atoms with Crippen LogP contribution < -0.4 is 0 Å². The Hall–Kier alpha value is -3.42. The van der Waals surface area contributed by atoms with Crippen LogP contribution >= 0.6 is 0 Å². The molecular weight excluding hydrogens is 388 g/mol. The molecule has 3 heterocycles. The van der Waals surface area contributed by atoms with Crippen LogP contribution in [0.3, 0.4) is 0 Å². The van der Waals surface area contributed by atoms with E-state index in [1.807, 2.05) is 41.2 Å². The maximum Gasteiger partial charge on any atom is 0.180 e. The fraction of sp³-hybridized carbons (Fsp3) is 0.391. The zero-order valence-corrected chi connectivity index (χ0v) is 18.3. The molecule has 0 radical (unpaired) electrons. The number of hydrogen-bond acceptors (Lipinski definition) is 6. The first kappa shape index (κ1) is 20.8. The molecule has 4 rings (SSSR count). The van der Waals surface area contributed by atoms with Crippen molar-refractivity contribution in [2.75, 3.05) is 0 Å². The first-order valence-electron chi connectivity index (χ1n) is 10.9. The lowest BCUT2D eigenvalue weighted by Gasteiger charge is -2.09. The van der Waals surface area contributed by atoms with E-state index in [-0.39, 0.29) is 0 Å². The molecule has 160 valence electrons. The van der Waals surface area contributed by atoms with Crippen LogP contribution in [0.15, 0.2) is 42.6 Å². The van der Waals surface area contributed by atoms with Gasteiger partial charge in [-0.3, -0.25) is 4.98 Å². The SMILES string of the molecule is CCCCc1nc(C(C)CC)nn1Cc1ccc(-c2ccccc2-c2nnn[nH]2)nc1. The lowest BCUT2D eigenvalue weighted by molar-refractivity contribution is 0.602. The molecule has 4 aromatic rings. The lowest BCUT2D eigenvalue weighted by Crippen LogP contribution is -2.08. The molecule has 31 heavy (non-hydrogen) atoms. The molecule has 0 saturated heterocycles. The Morgan fingerprint density at radius 2 is 1.90 bits per heavy atom. The Kier molecular flexibility index (Phi) is 6.45. The monoisotopic (exact) mass is 416 g/mol. The molecule has 8 heteroatoms. The minimum absolute atomic E-state index is 0.365. The summed E-state index contributed by atoms with van der Waals surface area (Å²) in [5.74, 6) is 2.99. The predicted octanol–water partition coefficient (Wildman–Crippen LogP) is 4.42. The van der Waals surface area contributed by atoms with Gasteiger partial charge >= 0.3 is 0 Å². The summed E-state index contributed by atoms with van der Waals surface area (Å²) in [6.07, 6.45) is 6.15. The second kappa shape index (κ2) is 9.59. The molecule has 0 fully saturated rings. The van der Waals surface area contributed by atoms with Gasteiger partial charge in [-0.05, 0) is 34.9 Å². The van der Waals surface area contributed by atoms with Crippen molar-refractivity contribution in [3.8, 4) is 22.6 Å². The summed E-state index contributed by atoms with van der Waals surface area (Å²) in [6, 6.07) is 12.1. The van der Waals surface area contributed by atoms with E-state index in [0.717, 1.165) is 59.7 Å². The number of benzene rings is 1. The molecule has 1 atom stereocenters. The number of pyridine rings is 1. The van der Waals surface area contributed by atoms with Crippen LogP contribution in [-0.4, -0.2) is 40.4 Å². The summed E-state index contributed by atoms with van der Waals surface area (Å²) in [5.41, 5.74) is 3.88. The Morgan fingerprint density at radius 1 is 1.06 bits per heavy atom. The van der Waals surface area contributed by atoms with Crippen molar-refractivity contribution in [3.05, 3.63) is 59.8 Å². The molecule has 0 spiro atoms. The summed E-state index contributed by atoms with van der Waals surface area (Å²) >= 11 is 0. The maximum absolute atomic E-state index is 4.83. The average molecular weight is 417 g/mol. The Morgan fingerprint density at radius 3 is 2.58 bits per heavy atom. The van der Waals surface area contributed by atoms with Gasteiger partial charge in [0.2, 0.25) is 0 Å². The third kappa shape index (κ3) is 4.68. The molecule has 0 amide bonds. The highest BCUT2D eigenvalue weighted by Gasteiger charge is 2.15. The highest BCUT2D eigenvalue weighted by Crippen LogP contribution is 2.28. The molecule has 3 aromatic heterocycles. The zero-order valence-electron chi connectivity index (χ0n) is 18.3. The molecule has 1 N–H and O–H groups in total. The van der Waals surface area contributed by atoms with Gasteiger partial charge in [0.1, 0.15) is 5.82 Å². The number of nitrogens with one attached hydrogen (secondary N) is 1. The van der Waals surface area contributed by atoms with E-state index in [0.29, 0.717) is 18.3 Å². The number of aryl methyl sites for hydroxylation is 1. The second-order valence-electron chi connectivity index (χ2n) is 7.80. The number of tetrazole rings is 1. The molecule has 0 aliphatic heterocycles. The van der Waals surface area contributed by atoms with Crippen LogP contribution in [-0.2, 0) is 13.0 Å². The third-order valence-electron chi connectivity index (χ3n) is 5.53. The summed E-state index contributed by atoms with van der Waals surface area (Å²) < 4.78 is 2.04. The normalized spacial score (nSPS) is 12.2. The van der Waals surface area contributed by atoms with Crippen LogP contribution in [0.1, 0.15) is 63.2 Å². The quantitative estimate of drug-likeness (QED) is 0.433. The highest BCUT2D eigenvalue weighted by atomic mass is 15.5. The summed E-state index contributed by atoms with van der Waals surface area (Å²) in [5, 5.41) is 19.1. The minimum Gasteiger partial charge on any atom is -0.256 e. The van der Waals surface area contributed by atoms with Crippen LogP contribution in [0, 0.1) is 0 Å². The Balaban J connectivity index is 1.58. The van der Waals surface area contributed by atoms with Gasteiger partial charge in [-0.25, -0.2) is 14.8 Å². The van der Waals surface area contributed by atoms with Crippen molar-refractivity contribution >= 4 is 0 Å². The number of rotatable bonds is 9. The summed E-state index contributed by atoms with van der Waals surface area (Å²) in [7, 11) is 0. The number of aromatic amines is 1.